The molecule has 0 N–H and O–H groups in total. The molecular weight excluding hydrogens is 188 g/mol. The maximum atomic E-state index is 4.17. The Kier molecular flexibility index (Phi) is 4.81. The van der Waals surface area contributed by atoms with Gasteiger partial charge in [0, 0.05) is 0 Å². The van der Waals surface area contributed by atoms with Crippen molar-refractivity contribution in [3.05, 3.63) is 41.5 Å². The van der Waals surface area contributed by atoms with Crippen molar-refractivity contribution in [3.8, 4) is 0 Å². The van der Waals surface area contributed by atoms with Gasteiger partial charge < -0.3 is 0 Å². The van der Waals surface area contributed by atoms with Crippen LogP contribution in [0.1, 0.15) is 37.3 Å². The molecule has 0 amide bonds. The van der Waals surface area contributed by atoms with Crippen LogP contribution in [0, 0.1) is 0 Å². The lowest BCUT2D eigenvalue weighted by Crippen LogP contribution is -1.86. The first kappa shape index (κ1) is 11.4. The maximum Gasteiger partial charge on any atom is -0.00632 e. The maximum absolute atomic E-state index is 4.17. The van der Waals surface area contributed by atoms with Crippen LogP contribution in [0.15, 0.2) is 30.3 Å². The van der Waals surface area contributed by atoms with Crippen LogP contribution in [0.4, 0.5) is 0 Å². The third-order valence-electron chi connectivity index (χ3n) is 2.18. The van der Waals surface area contributed by atoms with Gasteiger partial charge in [0.1, 0.15) is 0 Å². The Labute approximate surface area is 92.5 Å². The molecule has 1 aromatic rings. The van der Waals surface area contributed by atoms with E-state index in [1.807, 2.05) is 0 Å². The summed E-state index contributed by atoms with van der Waals surface area (Å²) in [5.41, 5.74) is 2.69. The van der Waals surface area contributed by atoms with Crippen LogP contribution >= 0.6 is 12.6 Å². The zero-order valence-corrected chi connectivity index (χ0v) is 9.80. The number of allylic oxidation sites excluding steroid dienone is 1. The van der Waals surface area contributed by atoms with Gasteiger partial charge in [0.05, 0.1) is 0 Å². The molecular formula is C13H18S. The Balaban J connectivity index is 2.73. The Morgan fingerprint density at radius 2 is 2.14 bits per heavy atom. The van der Waals surface area contributed by atoms with E-state index in [1.54, 1.807) is 0 Å². The molecule has 0 aliphatic rings. The summed E-state index contributed by atoms with van der Waals surface area (Å²) in [6, 6.07) is 8.69. The second kappa shape index (κ2) is 5.92. The molecule has 0 aliphatic carbocycles. The molecule has 0 saturated heterocycles. The number of hydrogen-bond donors (Lipinski definition) is 1. The zero-order chi connectivity index (χ0) is 10.4. The minimum Gasteiger partial charge on any atom is -0.179 e. The van der Waals surface area contributed by atoms with Crippen molar-refractivity contribution in [1.29, 1.82) is 0 Å². The van der Waals surface area contributed by atoms with Crippen molar-refractivity contribution in [2.75, 3.05) is 5.75 Å². The van der Waals surface area contributed by atoms with Crippen molar-refractivity contribution >= 4 is 18.7 Å². The monoisotopic (exact) mass is 206 g/mol. The first-order valence-corrected chi connectivity index (χ1v) is 5.74. The highest BCUT2D eigenvalue weighted by molar-refractivity contribution is 7.80. The minimum absolute atomic E-state index is 0.605. The van der Waals surface area contributed by atoms with Gasteiger partial charge in [0.25, 0.3) is 0 Å². The van der Waals surface area contributed by atoms with E-state index in [1.165, 1.54) is 11.1 Å². The standard InChI is InChI=1S/C13H18S/c1-11(2)13-8-5-7-12(10-13)6-3-4-9-14/h3,5-8,10-11,14H,4,9H2,1-2H3. The van der Waals surface area contributed by atoms with Gasteiger partial charge in [-0.2, -0.15) is 12.6 Å². The largest absolute Gasteiger partial charge is 0.179 e. The number of thiol groups is 1. The lowest BCUT2D eigenvalue weighted by atomic mass is 10.0. The van der Waals surface area contributed by atoms with Gasteiger partial charge in [0.2, 0.25) is 0 Å². The summed E-state index contributed by atoms with van der Waals surface area (Å²) in [7, 11) is 0. The molecule has 0 nitrogen and oxygen atoms in total. The van der Waals surface area contributed by atoms with Gasteiger partial charge in [-0.15, -0.1) is 0 Å². The first-order chi connectivity index (χ1) is 6.74. The van der Waals surface area contributed by atoms with Crippen LogP contribution in [0.25, 0.3) is 6.08 Å². The zero-order valence-electron chi connectivity index (χ0n) is 8.90. The van der Waals surface area contributed by atoms with Crippen LogP contribution in [-0.2, 0) is 0 Å². The van der Waals surface area contributed by atoms with Gasteiger partial charge in [0.15, 0.2) is 0 Å². The molecule has 76 valence electrons. The fraction of sp³-hybridized carbons (Fsp3) is 0.385. The number of benzene rings is 1. The summed E-state index contributed by atoms with van der Waals surface area (Å²) in [6.07, 6.45) is 5.38. The van der Waals surface area contributed by atoms with E-state index >= 15 is 0 Å². The van der Waals surface area contributed by atoms with E-state index in [0.717, 1.165) is 12.2 Å². The summed E-state index contributed by atoms with van der Waals surface area (Å²) >= 11 is 4.17. The van der Waals surface area contributed by atoms with Gasteiger partial charge >= 0.3 is 0 Å². The molecule has 1 heteroatoms. The highest BCUT2D eigenvalue weighted by atomic mass is 32.1. The summed E-state index contributed by atoms with van der Waals surface area (Å²) in [5, 5.41) is 0. The first-order valence-electron chi connectivity index (χ1n) is 5.11. The molecule has 0 heterocycles. The van der Waals surface area contributed by atoms with Crippen LogP contribution in [0.3, 0.4) is 0 Å². The molecule has 1 rings (SSSR count). The summed E-state index contributed by atoms with van der Waals surface area (Å²) < 4.78 is 0. The Hall–Kier alpha value is -0.690. The average Bonchev–Trinajstić information content (AvgIpc) is 2.19. The topological polar surface area (TPSA) is 0 Å². The Bertz CT molecular complexity index is 300. The van der Waals surface area contributed by atoms with Gasteiger partial charge in [-0.3, -0.25) is 0 Å². The molecule has 0 bridgehead atoms. The normalized spacial score (nSPS) is 11.4. The smallest absolute Gasteiger partial charge is 0.00632 e. The highest BCUT2D eigenvalue weighted by Crippen LogP contribution is 2.16. The molecule has 1 aromatic carbocycles. The highest BCUT2D eigenvalue weighted by Gasteiger charge is 1.97. The van der Waals surface area contributed by atoms with Crippen LogP contribution in [0.5, 0.6) is 0 Å². The van der Waals surface area contributed by atoms with Crippen LogP contribution in [-0.4, -0.2) is 5.75 Å². The fourth-order valence-electron chi connectivity index (χ4n) is 1.32. The summed E-state index contributed by atoms with van der Waals surface area (Å²) in [6.45, 7) is 4.44. The Morgan fingerprint density at radius 3 is 2.79 bits per heavy atom. The predicted octanol–water partition coefficient (Wildman–Crippen LogP) is 4.14. The SMILES string of the molecule is CC(C)c1cccc(C=CCCS)c1. The Morgan fingerprint density at radius 1 is 1.36 bits per heavy atom. The lowest BCUT2D eigenvalue weighted by molar-refractivity contribution is 0.866. The van der Waals surface area contributed by atoms with E-state index < -0.39 is 0 Å². The van der Waals surface area contributed by atoms with Gasteiger partial charge in [-0.05, 0) is 29.2 Å². The lowest BCUT2D eigenvalue weighted by Gasteiger charge is -2.05. The van der Waals surface area contributed by atoms with Gasteiger partial charge in [-0.1, -0.05) is 50.3 Å². The van der Waals surface area contributed by atoms with Crippen molar-refractivity contribution in [1.82, 2.24) is 0 Å². The van der Waals surface area contributed by atoms with Crippen molar-refractivity contribution in [3.63, 3.8) is 0 Å². The van der Waals surface area contributed by atoms with E-state index in [0.29, 0.717) is 5.92 Å². The fourth-order valence-corrected chi connectivity index (χ4v) is 1.46. The van der Waals surface area contributed by atoms with Gasteiger partial charge in [-0.25, -0.2) is 0 Å². The van der Waals surface area contributed by atoms with E-state index in [-0.39, 0.29) is 0 Å². The van der Waals surface area contributed by atoms with Crippen molar-refractivity contribution < 1.29 is 0 Å². The minimum atomic E-state index is 0.605. The summed E-state index contributed by atoms with van der Waals surface area (Å²) in [4.78, 5) is 0. The third kappa shape index (κ3) is 3.59. The molecule has 0 unspecified atom stereocenters. The summed E-state index contributed by atoms with van der Waals surface area (Å²) in [5.74, 6) is 1.52. The molecule has 0 aliphatic heterocycles. The van der Waals surface area contributed by atoms with Crippen molar-refractivity contribution in [2.24, 2.45) is 0 Å². The molecule has 0 spiro atoms. The van der Waals surface area contributed by atoms with Crippen LogP contribution < -0.4 is 0 Å². The van der Waals surface area contributed by atoms with E-state index in [9.17, 15) is 0 Å². The van der Waals surface area contributed by atoms with E-state index in [4.69, 9.17) is 0 Å². The molecule has 14 heavy (non-hydrogen) atoms. The number of rotatable bonds is 4. The second-order valence-electron chi connectivity index (χ2n) is 3.74. The van der Waals surface area contributed by atoms with E-state index in [2.05, 4.69) is 62.9 Å². The molecule has 0 atom stereocenters. The predicted molar refractivity (Wildman–Crippen MR) is 68.0 cm³/mol. The van der Waals surface area contributed by atoms with Crippen LogP contribution in [0.2, 0.25) is 0 Å². The average molecular weight is 206 g/mol. The molecule has 0 aromatic heterocycles. The number of hydrogen-bond acceptors (Lipinski definition) is 1. The molecule has 0 radical (unpaired) electrons. The second-order valence-corrected chi connectivity index (χ2v) is 4.19. The molecule has 0 saturated carbocycles. The third-order valence-corrected chi connectivity index (χ3v) is 2.44. The van der Waals surface area contributed by atoms with Crippen molar-refractivity contribution in [2.45, 2.75) is 26.2 Å². The quantitative estimate of drug-likeness (QED) is 0.703. The molecule has 0 fully saturated rings.